The van der Waals surface area contributed by atoms with Crippen molar-refractivity contribution in [3.8, 4) is 0 Å². The Balaban J connectivity index is 2.55. The van der Waals surface area contributed by atoms with E-state index < -0.39 is 0 Å². The van der Waals surface area contributed by atoms with Gasteiger partial charge in [-0.1, -0.05) is 6.07 Å². The van der Waals surface area contributed by atoms with Crippen LogP contribution in [0.1, 0.15) is 19.4 Å². The van der Waals surface area contributed by atoms with Gasteiger partial charge in [0.25, 0.3) is 0 Å². The van der Waals surface area contributed by atoms with Crippen molar-refractivity contribution in [1.82, 2.24) is 9.88 Å². The first-order valence-corrected chi connectivity index (χ1v) is 4.98. The lowest BCUT2D eigenvalue weighted by Crippen LogP contribution is -2.32. The Morgan fingerprint density at radius 2 is 2.29 bits per heavy atom. The van der Waals surface area contributed by atoms with E-state index in [9.17, 15) is 0 Å². The Morgan fingerprint density at radius 1 is 1.50 bits per heavy atom. The molecule has 78 valence electrons. The minimum atomic E-state index is 0.207. The SMILES string of the molecule is CC(C)N(CCO)Cc1cccnc1. The summed E-state index contributed by atoms with van der Waals surface area (Å²) in [6.07, 6.45) is 3.64. The fraction of sp³-hybridized carbons (Fsp3) is 0.545. The summed E-state index contributed by atoms with van der Waals surface area (Å²) in [4.78, 5) is 6.29. The summed E-state index contributed by atoms with van der Waals surface area (Å²) in [6.45, 7) is 6.04. The monoisotopic (exact) mass is 194 g/mol. The summed E-state index contributed by atoms with van der Waals surface area (Å²) in [5.74, 6) is 0. The van der Waals surface area contributed by atoms with Gasteiger partial charge in [-0.25, -0.2) is 0 Å². The lowest BCUT2D eigenvalue weighted by molar-refractivity contribution is 0.159. The Morgan fingerprint density at radius 3 is 2.79 bits per heavy atom. The molecule has 14 heavy (non-hydrogen) atoms. The molecule has 0 bridgehead atoms. The highest BCUT2D eigenvalue weighted by Crippen LogP contribution is 2.05. The van der Waals surface area contributed by atoms with E-state index in [2.05, 4.69) is 29.8 Å². The molecule has 0 fully saturated rings. The van der Waals surface area contributed by atoms with Crippen molar-refractivity contribution < 1.29 is 5.11 Å². The molecule has 1 rings (SSSR count). The summed E-state index contributed by atoms with van der Waals surface area (Å²) >= 11 is 0. The standard InChI is InChI=1S/C11H18N2O/c1-10(2)13(6-7-14)9-11-4-3-5-12-8-11/h3-5,8,10,14H,6-7,9H2,1-2H3. The van der Waals surface area contributed by atoms with Gasteiger partial charge >= 0.3 is 0 Å². The van der Waals surface area contributed by atoms with Crippen LogP contribution in [0.5, 0.6) is 0 Å². The van der Waals surface area contributed by atoms with Crippen molar-refractivity contribution in [2.75, 3.05) is 13.2 Å². The van der Waals surface area contributed by atoms with Crippen LogP contribution in [0.3, 0.4) is 0 Å². The zero-order chi connectivity index (χ0) is 10.4. The van der Waals surface area contributed by atoms with Crippen LogP contribution < -0.4 is 0 Å². The number of rotatable bonds is 5. The lowest BCUT2D eigenvalue weighted by Gasteiger charge is -2.25. The first kappa shape index (κ1) is 11.1. The molecule has 0 spiro atoms. The maximum absolute atomic E-state index is 8.91. The van der Waals surface area contributed by atoms with Gasteiger partial charge in [0.15, 0.2) is 0 Å². The van der Waals surface area contributed by atoms with Gasteiger partial charge < -0.3 is 5.11 Å². The molecule has 3 nitrogen and oxygen atoms in total. The molecule has 0 saturated carbocycles. The molecule has 0 saturated heterocycles. The van der Waals surface area contributed by atoms with Crippen LogP contribution in [0.25, 0.3) is 0 Å². The number of nitrogens with zero attached hydrogens (tertiary/aromatic N) is 2. The van der Waals surface area contributed by atoms with Crippen LogP contribution in [0.2, 0.25) is 0 Å². The Kier molecular flexibility index (Phi) is 4.56. The second-order valence-corrected chi connectivity index (χ2v) is 3.65. The minimum Gasteiger partial charge on any atom is -0.395 e. The third-order valence-corrected chi connectivity index (χ3v) is 2.23. The largest absolute Gasteiger partial charge is 0.395 e. The molecule has 0 aliphatic heterocycles. The van der Waals surface area contributed by atoms with Crippen LogP contribution in [-0.2, 0) is 6.54 Å². The van der Waals surface area contributed by atoms with E-state index in [1.165, 1.54) is 5.56 Å². The minimum absolute atomic E-state index is 0.207. The van der Waals surface area contributed by atoms with Crippen molar-refractivity contribution in [1.29, 1.82) is 0 Å². The highest BCUT2D eigenvalue weighted by molar-refractivity contribution is 5.08. The van der Waals surface area contributed by atoms with Gasteiger partial charge in [0.2, 0.25) is 0 Å². The van der Waals surface area contributed by atoms with Crippen molar-refractivity contribution in [2.24, 2.45) is 0 Å². The van der Waals surface area contributed by atoms with Crippen molar-refractivity contribution >= 4 is 0 Å². The van der Waals surface area contributed by atoms with Crippen LogP contribution in [-0.4, -0.2) is 34.2 Å². The Labute approximate surface area is 85.4 Å². The summed E-state index contributed by atoms with van der Waals surface area (Å²) < 4.78 is 0. The predicted octanol–water partition coefficient (Wildman–Crippen LogP) is 1.28. The third kappa shape index (κ3) is 3.44. The fourth-order valence-electron chi connectivity index (χ4n) is 1.37. The predicted molar refractivity (Wildman–Crippen MR) is 56.9 cm³/mol. The molecule has 3 heteroatoms. The van der Waals surface area contributed by atoms with Gasteiger partial charge in [-0.2, -0.15) is 0 Å². The van der Waals surface area contributed by atoms with E-state index in [0.29, 0.717) is 12.6 Å². The van der Waals surface area contributed by atoms with Gasteiger partial charge in [-0.05, 0) is 25.5 Å². The van der Waals surface area contributed by atoms with E-state index in [4.69, 9.17) is 5.11 Å². The first-order chi connectivity index (χ1) is 6.74. The average Bonchev–Trinajstić information content (AvgIpc) is 2.18. The molecular formula is C11H18N2O. The molecule has 1 aromatic rings. The molecular weight excluding hydrogens is 176 g/mol. The van der Waals surface area contributed by atoms with E-state index >= 15 is 0 Å². The van der Waals surface area contributed by atoms with Crippen molar-refractivity contribution in [3.63, 3.8) is 0 Å². The Bertz CT molecular complexity index is 249. The molecule has 0 aliphatic rings. The van der Waals surface area contributed by atoms with Crippen LogP contribution >= 0.6 is 0 Å². The maximum Gasteiger partial charge on any atom is 0.0558 e. The van der Waals surface area contributed by atoms with E-state index in [-0.39, 0.29) is 6.61 Å². The van der Waals surface area contributed by atoms with Crippen LogP contribution in [0, 0.1) is 0 Å². The van der Waals surface area contributed by atoms with E-state index in [1.807, 2.05) is 12.3 Å². The quantitative estimate of drug-likeness (QED) is 0.767. The molecule has 1 heterocycles. The highest BCUT2D eigenvalue weighted by Gasteiger charge is 2.08. The zero-order valence-corrected chi connectivity index (χ0v) is 8.85. The number of aromatic nitrogens is 1. The highest BCUT2D eigenvalue weighted by atomic mass is 16.3. The van der Waals surface area contributed by atoms with Crippen LogP contribution in [0.15, 0.2) is 24.5 Å². The summed E-state index contributed by atoms with van der Waals surface area (Å²) in [5, 5.41) is 8.91. The summed E-state index contributed by atoms with van der Waals surface area (Å²) in [6, 6.07) is 4.44. The van der Waals surface area contributed by atoms with Gasteiger partial charge in [-0.3, -0.25) is 9.88 Å². The molecule has 1 N–H and O–H groups in total. The maximum atomic E-state index is 8.91. The van der Waals surface area contributed by atoms with Crippen molar-refractivity contribution in [2.45, 2.75) is 26.4 Å². The molecule has 0 aliphatic carbocycles. The van der Waals surface area contributed by atoms with Gasteiger partial charge in [0.1, 0.15) is 0 Å². The molecule has 1 aromatic heterocycles. The Hall–Kier alpha value is -0.930. The van der Waals surface area contributed by atoms with Gasteiger partial charge in [0.05, 0.1) is 6.61 Å². The number of hydrogen-bond donors (Lipinski definition) is 1. The average molecular weight is 194 g/mol. The molecule has 0 radical (unpaired) electrons. The zero-order valence-electron chi connectivity index (χ0n) is 8.85. The van der Waals surface area contributed by atoms with E-state index in [0.717, 1.165) is 6.54 Å². The number of aliphatic hydroxyl groups is 1. The van der Waals surface area contributed by atoms with Gasteiger partial charge in [-0.15, -0.1) is 0 Å². The molecule has 0 atom stereocenters. The smallest absolute Gasteiger partial charge is 0.0558 e. The molecule has 0 unspecified atom stereocenters. The van der Waals surface area contributed by atoms with Crippen LogP contribution in [0.4, 0.5) is 0 Å². The lowest BCUT2D eigenvalue weighted by atomic mass is 10.2. The topological polar surface area (TPSA) is 36.4 Å². The first-order valence-electron chi connectivity index (χ1n) is 4.98. The number of pyridine rings is 1. The normalized spacial score (nSPS) is 11.2. The van der Waals surface area contributed by atoms with Gasteiger partial charge in [0, 0.05) is 31.5 Å². The van der Waals surface area contributed by atoms with E-state index in [1.54, 1.807) is 6.20 Å². The number of hydrogen-bond acceptors (Lipinski definition) is 3. The number of aliphatic hydroxyl groups excluding tert-OH is 1. The summed E-state index contributed by atoms with van der Waals surface area (Å²) in [7, 11) is 0. The fourth-order valence-corrected chi connectivity index (χ4v) is 1.37. The molecule has 0 amide bonds. The summed E-state index contributed by atoms with van der Waals surface area (Å²) in [5.41, 5.74) is 1.19. The molecule has 0 aromatic carbocycles. The third-order valence-electron chi connectivity index (χ3n) is 2.23. The van der Waals surface area contributed by atoms with Crippen molar-refractivity contribution in [3.05, 3.63) is 30.1 Å². The second kappa shape index (κ2) is 5.73. The second-order valence-electron chi connectivity index (χ2n) is 3.65.